The van der Waals surface area contributed by atoms with Crippen LogP contribution in [0.4, 0.5) is 0 Å². The number of amides is 1. The Kier molecular flexibility index (Phi) is 4.70. The van der Waals surface area contributed by atoms with Crippen molar-refractivity contribution in [2.24, 2.45) is 0 Å². The maximum absolute atomic E-state index is 13.0. The van der Waals surface area contributed by atoms with Crippen LogP contribution in [0.15, 0.2) is 48.5 Å². The maximum Gasteiger partial charge on any atom is 0.338 e. The number of morpholine rings is 1. The molecular weight excluding hydrogens is 342 g/mol. The molecule has 5 heteroatoms. The molecule has 1 aliphatic carbocycles. The predicted molar refractivity (Wildman–Crippen MR) is 101 cm³/mol. The number of aryl methyl sites for hydroxylation is 1. The van der Waals surface area contributed by atoms with E-state index < -0.39 is 5.60 Å². The van der Waals surface area contributed by atoms with Crippen LogP contribution in [-0.2, 0) is 21.5 Å². The molecule has 1 aliphatic heterocycles. The van der Waals surface area contributed by atoms with E-state index in [1.807, 2.05) is 11.0 Å². The highest BCUT2D eigenvalue weighted by Gasteiger charge is 2.44. The minimum Gasteiger partial charge on any atom is -0.462 e. The van der Waals surface area contributed by atoms with E-state index in [-0.39, 0.29) is 11.9 Å². The second-order valence-corrected chi connectivity index (χ2v) is 7.02. The Morgan fingerprint density at radius 1 is 1.11 bits per heavy atom. The summed E-state index contributed by atoms with van der Waals surface area (Å²) in [6.45, 7) is 3.76. The molecule has 2 aromatic rings. The fourth-order valence-electron chi connectivity index (χ4n) is 4.07. The van der Waals surface area contributed by atoms with Gasteiger partial charge in [0.2, 0.25) is 0 Å². The summed E-state index contributed by atoms with van der Waals surface area (Å²) in [4.78, 5) is 26.7. The predicted octanol–water partition coefficient (Wildman–Crippen LogP) is 3.18. The summed E-state index contributed by atoms with van der Waals surface area (Å²) in [5, 5.41) is 0. The number of rotatable bonds is 3. The normalized spacial score (nSPS) is 21.1. The molecule has 1 saturated heterocycles. The van der Waals surface area contributed by atoms with Gasteiger partial charge in [0, 0.05) is 12.1 Å². The van der Waals surface area contributed by atoms with Crippen LogP contribution in [0.1, 0.15) is 45.2 Å². The molecule has 0 radical (unpaired) electrons. The van der Waals surface area contributed by atoms with E-state index >= 15 is 0 Å². The molecule has 4 rings (SSSR count). The minimum absolute atomic E-state index is 0.0301. The minimum atomic E-state index is -0.393. The smallest absolute Gasteiger partial charge is 0.338 e. The molecule has 1 heterocycles. The molecule has 1 atom stereocenters. The summed E-state index contributed by atoms with van der Waals surface area (Å²) in [5.74, 6) is -0.401. The lowest BCUT2D eigenvalue weighted by Gasteiger charge is -2.41. The van der Waals surface area contributed by atoms with Gasteiger partial charge < -0.3 is 14.4 Å². The van der Waals surface area contributed by atoms with Gasteiger partial charge in [0.15, 0.2) is 0 Å². The van der Waals surface area contributed by atoms with Crippen LogP contribution in [0.3, 0.4) is 0 Å². The average Bonchev–Trinajstić information content (AvgIpc) is 3.06. The molecule has 0 saturated carbocycles. The first-order valence-electron chi connectivity index (χ1n) is 9.42. The van der Waals surface area contributed by atoms with E-state index in [0.29, 0.717) is 37.4 Å². The van der Waals surface area contributed by atoms with Gasteiger partial charge in [-0.25, -0.2) is 4.79 Å². The maximum atomic E-state index is 13.0. The quantitative estimate of drug-likeness (QED) is 0.784. The molecule has 140 valence electrons. The number of hydrogen-bond acceptors (Lipinski definition) is 4. The van der Waals surface area contributed by atoms with Gasteiger partial charge in [0.05, 0.1) is 25.3 Å². The van der Waals surface area contributed by atoms with Crippen molar-refractivity contribution in [2.75, 3.05) is 26.3 Å². The van der Waals surface area contributed by atoms with Gasteiger partial charge in [-0.05, 0) is 55.2 Å². The van der Waals surface area contributed by atoms with Gasteiger partial charge in [-0.15, -0.1) is 0 Å². The van der Waals surface area contributed by atoms with Gasteiger partial charge in [-0.2, -0.15) is 0 Å². The van der Waals surface area contributed by atoms with Gasteiger partial charge in [-0.3, -0.25) is 4.79 Å². The number of ether oxygens (including phenoxy) is 2. The molecule has 1 spiro atoms. The number of carbonyl (C=O) groups is 2. The summed E-state index contributed by atoms with van der Waals surface area (Å²) >= 11 is 0. The Bertz CT molecular complexity index is 857. The summed E-state index contributed by atoms with van der Waals surface area (Å²) in [5.41, 5.74) is 3.16. The van der Waals surface area contributed by atoms with Crippen LogP contribution in [0, 0.1) is 0 Å². The summed E-state index contributed by atoms with van der Waals surface area (Å²) in [7, 11) is 0. The molecule has 2 aliphatic rings. The fourth-order valence-corrected chi connectivity index (χ4v) is 4.07. The molecule has 5 nitrogen and oxygen atoms in total. The first kappa shape index (κ1) is 17.7. The van der Waals surface area contributed by atoms with Crippen LogP contribution in [0.2, 0.25) is 0 Å². The Morgan fingerprint density at radius 3 is 2.63 bits per heavy atom. The second kappa shape index (κ2) is 7.16. The van der Waals surface area contributed by atoms with E-state index in [1.165, 1.54) is 11.1 Å². The lowest BCUT2D eigenvalue weighted by atomic mass is 9.93. The van der Waals surface area contributed by atoms with Crippen molar-refractivity contribution in [2.45, 2.75) is 25.4 Å². The van der Waals surface area contributed by atoms with Crippen molar-refractivity contribution in [1.29, 1.82) is 0 Å². The molecular formula is C22H23NO4. The number of esters is 1. The number of benzene rings is 2. The van der Waals surface area contributed by atoms with Crippen molar-refractivity contribution >= 4 is 11.9 Å². The highest BCUT2D eigenvalue weighted by Crippen LogP contribution is 2.42. The Morgan fingerprint density at radius 2 is 1.85 bits per heavy atom. The molecule has 1 amide bonds. The zero-order chi connectivity index (χ0) is 18.9. The lowest BCUT2D eigenvalue weighted by molar-refractivity contribution is -0.103. The van der Waals surface area contributed by atoms with Crippen LogP contribution in [0.5, 0.6) is 0 Å². The third kappa shape index (κ3) is 3.23. The SMILES string of the molecule is CCOC(=O)c1ccc(C(=O)N2CCO[C@]3(CCc4ccccc43)C2)cc1. The van der Waals surface area contributed by atoms with Crippen molar-refractivity contribution in [1.82, 2.24) is 4.90 Å². The molecule has 0 unspecified atom stereocenters. The second-order valence-electron chi connectivity index (χ2n) is 7.02. The van der Waals surface area contributed by atoms with Crippen LogP contribution in [0.25, 0.3) is 0 Å². The molecule has 0 N–H and O–H groups in total. The third-order valence-corrected chi connectivity index (χ3v) is 5.42. The summed E-state index contributed by atoms with van der Waals surface area (Å²) < 4.78 is 11.2. The molecule has 2 aromatic carbocycles. The molecule has 1 fully saturated rings. The van der Waals surface area contributed by atoms with Gasteiger partial charge in [0.1, 0.15) is 5.60 Å². The van der Waals surface area contributed by atoms with Crippen molar-refractivity contribution < 1.29 is 19.1 Å². The standard InChI is InChI=1S/C22H23NO4/c1-2-26-21(25)18-9-7-17(8-10-18)20(24)23-13-14-27-22(15-23)12-11-16-5-3-4-6-19(16)22/h3-10H,2,11-15H2,1H3/t22-/m1/s1. The number of fused-ring (bicyclic) bond motifs is 2. The van der Waals surface area contributed by atoms with Crippen molar-refractivity contribution in [3.8, 4) is 0 Å². The molecule has 0 aromatic heterocycles. The van der Waals surface area contributed by atoms with E-state index in [1.54, 1.807) is 31.2 Å². The summed E-state index contributed by atoms with van der Waals surface area (Å²) in [6.07, 6.45) is 1.88. The van der Waals surface area contributed by atoms with Crippen molar-refractivity contribution in [3.63, 3.8) is 0 Å². The topological polar surface area (TPSA) is 55.8 Å². The largest absolute Gasteiger partial charge is 0.462 e. The number of hydrogen-bond donors (Lipinski definition) is 0. The highest BCUT2D eigenvalue weighted by molar-refractivity contribution is 5.96. The number of nitrogens with zero attached hydrogens (tertiary/aromatic N) is 1. The third-order valence-electron chi connectivity index (χ3n) is 5.42. The summed E-state index contributed by atoms with van der Waals surface area (Å²) in [6, 6.07) is 15.0. The first-order chi connectivity index (χ1) is 13.1. The molecule has 27 heavy (non-hydrogen) atoms. The van der Waals surface area contributed by atoms with Crippen LogP contribution < -0.4 is 0 Å². The van der Waals surface area contributed by atoms with Gasteiger partial charge in [-0.1, -0.05) is 24.3 Å². The Balaban J connectivity index is 1.52. The lowest BCUT2D eigenvalue weighted by Crippen LogP contribution is -2.51. The van der Waals surface area contributed by atoms with E-state index in [4.69, 9.17) is 9.47 Å². The van der Waals surface area contributed by atoms with E-state index in [9.17, 15) is 9.59 Å². The van der Waals surface area contributed by atoms with E-state index in [2.05, 4.69) is 18.2 Å². The van der Waals surface area contributed by atoms with Gasteiger partial charge in [0.25, 0.3) is 5.91 Å². The highest BCUT2D eigenvalue weighted by atomic mass is 16.5. The number of carbonyl (C=O) groups excluding carboxylic acids is 2. The zero-order valence-electron chi connectivity index (χ0n) is 15.4. The van der Waals surface area contributed by atoms with Crippen molar-refractivity contribution in [3.05, 3.63) is 70.8 Å². The Labute approximate surface area is 158 Å². The average molecular weight is 365 g/mol. The fraction of sp³-hybridized carbons (Fsp3) is 0.364. The molecule has 0 bridgehead atoms. The first-order valence-corrected chi connectivity index (χ1v) is 9.42. The zero-order valence-corrected chi connectivity index (χ0v) is 15.4. The van der Waals surface area contributed by atoms with Crippen LogP contribution >= 0.6 is 0 Å². The Hall–Kier alpha value is -2.66. The monoisotopic (exact) mass is 365 g/mol. The van der Waals surface area contributed by atoms with Gasteiger partial charge >= 0.3 is 5.97 Å². The van der Waals surface area contributed by atoms with E-state index in [0.717, 1.165) is 12.8 Å². The van der Waals surface area contributed by atoms with Crippen LogP contribution in [-0.4, -0.2) is 43.1 Å².